The summed E-state index contributed by atoms with van der Waals surface area (Å²) in [5, 5.41) is 11.6. The fraction of sp³-hybridized carbons (Fsp3) is 0.462. The van der Waals surface area contributed by atoms with Gasteiger partial charge in [0.15, 0.2) is 0 Å². The Hall–Kier alpha value is -2.11. The molecule has 1 atom stereocenters. The molecule has 0 radical (unpaired) electrons. The Morgan fingerprint density at radius 3 is 2.58 bits per heavy atom. The summed E-state index contributed by atoms with van der Waals surface area (Å²) in [6, 6.07) is 4.24. The molecule has 0 aromatic carbocycles. The quantitative estimate of drug-likeness (QED) is 0.710. The van der Waals surface area contributed by atoms with E-state index in [2.05, 4.69) is 10.3 Å². The van der Waals surface area contributed by atoms with Crippen molar-refractivity contribution in [2.75, 3.05) is 6.54 Å². The lowest BCUT2D eigenvalue weighted by molar-refractivity contribution is -0.142. The highest BCUT2D eigenvalue weighted by Crippen LogP contribution is 2.11. The van der Waals surface area contributed by atoms with Gasteiger partial charge in [0.2, 0.25) is 5.56 Å². The number of nitrogens with one attached hydrogen (secondary N) is 2. The van der Waals surface area contributed by atoms with Crippen molar-refractivity contribution < 1.29 is 14.7 Å². The summed E-state index contributed by atoms with van der Waals surface area (Å²) in [5.74, 6) is -1.81. The first-order chi connectivity index (χ1) is 8.90. The van der Waals surface area contributed by atoms with Crippen molar-refractivity contribution in [2.24, 2.45) is 11.8 Å². The molecule has 0 saturated heterocycles. The minimum atomic E-state index is -0.935. The molecule has 1 aromatic rings. The summed E-state index contributed by atoms with van der Waals surface area (Å²) in [6.45, 7) is 3.89. The van der Waals surface area contributed by atoms with Crippen LogP contribution in [0, 0.1) is 11.8 Å². The standard InChI is InChI=1S/C13H18N2O4/c1-8(2)6-9(13(18)19)7-14-12(17)10-4-3-5-11(16)15-10/h3-5,8-9H,6-7H2,1-2H3,(H,14,17)(H,15,16)(H,18,19). The second-order valence-corrected chi connectivity index (χ2v) is 4.80. The van der Waals surface area contributed by atoms with Gasteiger partial charge >= 0.3 is 5.97 Å². The van der Waals surface area contributed by atoms with Crippen molar-refractivity contribution in [1.29, 1.82) is 0 Å². The molecule has 3 N–H and O–H groups in total. The summed E-state index contributed by atoms with van der Waals surface area (Å²) in [5.41, 5.74) is -0.245. The van der Waals surface area contributed by atoms with E-state index in [1.54, 1.807) is 0 Å². The lowest BCUT2D eigenvalue weighted by Crippen LogP contribution is -2.34. The molecule has 1 amide bonds. The Bertz CT molecular complexity index is 507. The lowest BCUT2D eigenvalue weighted by Gasteiger charge is -2.15. The van der Waals surface area contributed by atoms with Crippen molar-refractivity contribution in [3.63, 3.8) is 0 Å². The van der Waals surface area contributed by atoms with E-state index < -0.39 is 17.8 Å². The molecule has 0 aliphatic heterocycles. The van der Waals surface area contributed by atoms with E-state index >= 15 is 0 Å². The second kappa shape index (κ2) is 6.72. The first-order valence-electron chi connectivity index (χ1n) is 6.10. The Morgan fingerprint density at radius 2 is 2.05 bits per heavy atom. The topological polar surface area (TPSA) is 99.3 Å². The van der Waals surface area contributed by atoms with Gasteiger partial charge in [0.1, 0.15) is 5.69 Å². The normalized spacial score (nSPS) is 12.2. The summed E-state index contributed by atoms with van der Waals surface area (Å²) in [6.07, 6.45) is 0.487. The van der Waals surface area contributed by atoms with E-state index in [1.165, 1.54) is 18.2 Å². The van der Waals surface area contributed by atoms with Crippen LogP contribution in [-0.2, 0) is 4.79 Å². The number of aliphatic carboxylic acids is 1. The van der Waals surface area contributed by atoms with Crippen LogP contribution in [0.4, 0.5) is 0 Å². The Balaban J connectivity index is 2.62. The smallest absolute Gasteiger partial charge is 0.308 e. The van der Waals surface area contributed by atoms with Gasteiger partial charge in [-0.15, -0.1) is 0 Å². The first kappa shape index (κ1) is 14.9. The van der Waals surface area contributed by atoms with Crippen molar-refractivity contribution in [2.45, 2.75) is 20.3 Å². The van der Waals surface area contributed by atoms with E-state index in [-0.39, 0.29) is 23.7 Å². The molecule has 0 fully saturated rings. The largest absolute Gasteiger partial charge is 0.481 e. The summed E-state index contributed by atoms with van der Waals surface area (Å²) in [4.78, 5) is 36.2. The van der Waals surface area contributed by atoms with Gasteiger partial charge in [0.05, 0.1) is 5.92 Å². The van der Waals surface area contributed by atoms with Gasteiger partial charge in [-0.2, -0.15) is 0 Å². The molecular formula is C13H18N2O4. The van der Waals surface area contributed by atoms with Gasteiger partial charge in [0.25, 0.3) is 5.91 Å². The Kier molecular flexibility index (Phi) is 5.29. The molecule has 6 nitrogen and oxygen atoms in total. The first-order valence-corrected chi connectivity index (χ1v) is 6.10. The number of H-pyrrole nitrogens is 1. The van der Waals surface area contributed by atoms with Crippen LogP contribution in [0.3, 0.4) is 0 Å². The maximum absolute atomic E-state index is 11.7. The highest BCUT2D eigenvalue weighted by Gasteiger charge is 2.20. The minimum Gasteiger partial charge on any atom is -0.481 e. The van der Waals surface area contributed by atoms with Gasteiger partial charge in [0, 0.05) is 12.6 Å². The zero-order valence-electron chi connectivity index (χ0n) is 11.0. The van der Waals surface area contributed by atoms with Crippen LogP contribution in [0.15, 0.2) is 23.0 Å². The molecule has 1 rings (SSSR count). The second-order valence-electron chi connectivity index (χ2n) is 4.80. The fourth-order valence-corrected chi connectivity index (χ4v) is 1.73. The number of rotatable bonds is 6. The van der Waals surface area contributed by atoms with Crippen LogP contribution in [0.1, 0.15) is 30.8 Å². The number of hydrogen-bond acceptors (Lipinski definition) is 3. The number of aromatic amines is 1. The summed E-state index contributed by atoms with van der Waals surface area (Å²) < 4.78 is 0. The highest BCUT2D eigenvalue weighted by molar-refractivity contribution is 5.92. The predicted molar refractivity (Wildman–Crippen MR) is 70.0 cm³/mol. The average molecular weight is 266 g/mol. The van der Waals surface area contributed by atoms with Crippen LogP contribution in [0.25, 0.3) is 0 Å². The number of carbonyl (C=O) groups excluding carboxylic acids is 1. The molecular weight excluding hydrogens is 248 g/mol. The zero-order chi connectivity index (χ0) is 14.4. The van der Waals surface area contributed by atoms with Gasteiger partial charge in [-0.1, -0.05) is 19.9 Å². The minimum absolute atomic E-state index is 0.0449. The molecule has 1 unspecified atom stereocenters. The Labute approximate surface area is 110 Å². The number of carboxylic acid groups (broad SMARTS) is 1. The molecule has 1 aromatic heterocycles. The van der Waals surface area contributed by atoms with E-state index in [0.717, 1.165) is 0 Å². The third kappa shape index (κ3) is 4.95. The molecule has 0 aliphatic carbocycles. The van der Waals surface area contributed by atoms with Gasteiger partial charge < -0.3 is 15.4 Å². The number of carboxylic acids is 1. The molecule has 19 heavy (non-hydrogen) atoms. The van der Waals surface area contributed by atoms with Crippen LogP contribution in [0.2, 0.25) is 0 Å². The van der Waals surface area contributed by atoms with Gasteiger partial charge in [-0.3, -0.25) is 14.4 Å². The lowest BCUT2D eigenvalue weighted by atomic mass is 9.97. The third-order valence-corrected chi connectivity index (χ3v) is 2.63. The maximum Gasteiger partial charge on any atom is 0.308 e. The monoisotopic (exact) mass is 266 g/mol. The molecule has 0 aliphatic rings. The van der Waals surface area contributed by atoms with Gasteiger partial charge in [-0.05, 0) is 18.4 Å². The number of amides is 1. The molecule has 0 spiro atoms. The van der Waals surface area contributed by atoms with Crippen LogP contribution < -0.4 is 10.9 Å². The SMILES string of the molecule is CC(C)CC(CNC(=O)c1cccc(=O)[nH]1)C(=O)O. The Morgan fingerprint density at radius 1 is 1.37 bits per heavy atom. The third-order valence-electron chi connectivity index (χ3n) is 2.63. The number of carbonyl (C=O) groups is 2. The van der Waals surface area contributed by atoms with Gasteiger partial charge in [-0.25, -0.2) is 0 Å². The average Bonchev–Trinajstić information content (AvgIpc) is 2.33. The van der Waals surface area contributed by atoms with Crippen molar-refractivity contribution in [3.05, 3.63) is 34.2 Å². The number of pyridine rings is 1. The van der Waals surface area contributed by atoms with Crippen molar-refractivity contribution in [3.8, 4) is 0 Å². The van der Waals surface area contributed by atoms with Crippen LogP contribution >= 0.6 is 0 Å². The van der Waals surface area contributed by atoms with Crippen LogP contribution in [-0.4, -0.2) is 28.5 Å². The van der Waals surface area contributed by atoms with Crippen molar-refractivity contribution in [1.82, 2.24) is 10.3 Å². The maximum atomic E-state index is 11.7. The molecule has 0 bridgehead atoms. The number of aromatic nitrogens is 1. The number of hydrogen-bond donors (Lipinski definition) is 3. The van der Waals surface area contributed by atoms with E-state index in [4.69, 9.17) is 5.11 Å². The fourth-order valence-electron chi connectivity index (χ4n) is 1.73. The zero-order valence-corrected chi connectivity index (χ0v) is 11.0. The van der Waals surface area contributed by atoms with Crippen LogP contribution in [0.5, 0.6) is 0 Å². The van der Waals surface area contributed by atoms with E-state index in [0.29, 0.717) is 6.42 Å². The molecule has 104 valence electrons. The summed E-state index contributed by atoms with van der Waals surface area (Å²) in [7, 11) is 0. The van der Waals surface area contributed by atoms with E-state index in [9.17, 15) is 14.4 Å². The molecule has 6 heteroatoms. The highest BCUT2D eigenvalue weighted by atomic mass is 16.4. The summed E-state index contributed by atoms with van der Waals surface area (Å²) >= 11 is 0. The van der Waals surface area contributed by atoms with Crippen molar-refractivity contribution >= 4 is 11.9 Å². The molecule has 0 saturated carbocycles. The predicted octanol–water partition coefficient (Wildman–Crippen LogP) is 0.852. The molecule has 1 heterocycles. The van der Waals surface area contributed by atoms with E-state index in [1.807, 2.05) is 13.8 Å².